The minimum atomic E-state index is -4.37. The molecule has 0 fully saturated rings. The molecule has 0 aliphatic rings. The van der Waals surface area contributed by atoms with Gasteiger partial charge in [-0.2, -0.15) is 0 Å². The number of para-hydroxylation sites is 3. The zero-order valence-electron chi connectivity index (χ0n) is 17.4. The van der Waals surface area contributed by atoms with Crippen LogP contribution >= 0.6 is 0 Å². The second-order valence-corrected chi connectivity index (χ2v) is 8.89. The van der Waals surface area contributed by atoms with Gasteiger partial charge in [-0.3, -0.25) is 14.9 Å². The van der Waals surface area contributed by atoms with Gasteiger partial charge in [-0.25, -0.2) is 12.7 Å². The number of amides is 1. The van der Waals surface area contributed by atoms with Crippen molar-refractivity contribution in [3.05, 3.63) is 89.0 Å². The van der Waals surface area contributed by atoms with Crippen LogP contribution in [-0.2, 0) is 14.8 Å². The Kier molecular flexibility index (Phi) is 6.06. The predicted molar refractivity (Wildman–Crippen MR) is 124 cm³/mol. The molecule has 0 bridgehead atoms. The fourth-order valence-corrected chi connectivity index (χ4v) is 4.77. The van der Waals surface area contributed by atoms with Gasteiger partial charge in [0.2, 0.25) is 5.88 Å². The lowest BCUT2D eigenvalue weighted by Crippen LogP contribution is -2.35. The van der Waals surface area contributed by atoms with Crippen molar-refractivity contribution in [2.75, 3.05) is 10.8 Å². The van der Waals surface area contributed by atoms with E-state index in [1.54, 1.807) is 30.3 Å². The number of nitrogens with one attached hydrogen (secondary N) is 1. The van der Waals surface area contributed by atoms with Crippen LogP contribution < -0.4 is 4.31 Å². The van der Waals surface area contributed by atoms with Crippen LogP contribution in [0, 0.1) is 10.1 Å². The van der Waals surface area contributed by atoms with Crippen molar-refractivity contribution in [1.82, 2.24) is 4.98 Å². The lowest BCUT2D eigenvalue weighted by Gasteiger charge is -2.22. The molecule has 0 atom stereocenters. The number of sulfonamides is 1. The molecule has 0 saturated carbocycles. The summed E-state index contributed by atoms with van der Waals surface area (Å²) in [4.78, 5) is 26.0. The van der Waals surface area contributed by atoms with Gasteiger partial charge in [0.1, 0.15) is 12.2 Å². The van der Waals surface area contributed by atoms with E-state index in [1.165, 1.54) is 42.5 Å². The highest BCUT2D eigenvalue weighted by atomic mass is 32.2. The molecule has 3 aromatic carbocycles. The first-order valence-corrected chi connectivity index (χ1v) is 11.3. The smallest absolute Gasteiger partial charge is 0.293 e. The summed E-state index contributed by atoms with van der Waals surface area (Å²) in [5.41, 5.74) is -0.224. The Morgan fingerprint density at radius 2 is 1.65 bits per heavy atom. The topological polar surface area (TPSA) is 158 Å². The standard InChI is InChI=1S/C22H17N5O6S/c28-20(24-25-21-16-10-4-5-11-17(16)23-22(21)29)14-26(18-12-6-7-13-19(18)27(30)31)34(32,33)15-8-2-1-3-9-15/h1-13,23,29H,14H2. The third kappa shape index (κ3) is 4.34. The molecule has 12 heteroatoms. The van der Waals surface area contributed by atoms with Crippen LogP contribution in [0.15, 0.2) is 94.0 Å². The van der Waals surface area contributed by atoms with Crippen LogP contribution in [0.3, 0.4) is 0 Å². The lowest BCUT2D eigenvalue weighted by molar-refractivity contribution is -0.384. The molecule has 0 unspecified atom stereocenters. The summed E-state index contributed by atoms with van der Waals surface area (Å²) >= 11 is 0. The molecule has 172 valence electrons. The highest BCUT2D eigenvalue weighted by Crippen LogP contribution is 2.35. The number of hydrogen-bond acceptors (Lipinski definition) is 7. The normalized spacial score (nSPS) is 11.6. The van der Waals surface area contributed by atoms with Gasteiger partial charge >= 0.3 is 0 Å². The van der Waals surface area contributed by atoms with Crippen LogP contribution in [0.1, 0.15) is 0 Å². The van der Waals surface area contributed by atoms with Crippen LogP contribution in [0.4, 0.5) is 17.1 Å². The van der Waals surface area contributed by atoms with Gasteiger partial charge in [-0.1, -0.05) is 48.5 Å². The molecule has 4 rings (SSSR count). The van der Waals surface area contributed by atoms with Crippen LogP contribution in [0.5, 0.6) is 5.88 Å². The number of hydrogen-bond donors (Lipinski definition) is 2. The van der Waals surface area contributed by atoms with E-state index >= 15 is 0 Å². The van der Waals surface area contributed by atoms with E-state index in [4.69, 9.17) is 0 Å². The summed E-state index contributed by atoms with van der Waals surface area (Å²) in [5, 5.41) is 29.5. The van der Waals surface area contributed by atoms with Crippen molar-refractivity contribution in [2.24, 2.45) is 10.2 Å². The van der Waals surface area contributed by atoms with Crippen molar-refractivity contribution in [2.45, 2.75) is 4.90 Å². The van der Waals surface area contributed by atoms with Gasteiger partial charge in [0, 0.05) is 11.5 Å². The van der Waals surface area contributed by atoms with Gasteiger partial charge in [0.15, 0.2) is 5.69 Å². The highest BCUT2D eigenvalue weighted by Gasteiger charge is 2.32. The minimum Gasteiger partial charge on any atom is -0.493 e. The molecular formula is C22H17N5O6S. The lowest BCUT2D eigenvalue weighted by atomic mass is 10.2. The zero-order chi connectivity index (χ0) is 24.3. The Morgan fingerprint density at radius 3 is 2.38 bits per heavy atom. The number of nitrogens with zero attached hydrogens (tertiary/aromatic N) is 4. The van der Waals surface area contributed by atoms with Crippen molar-refractivity contribution in [1.29, 1.82) is 0 Å². The van der Waals surface area contributed by atoms with Crippen molar-refractivity contribution in [3.63, 3.8) is 0 Å². The molecular weight excluding hydrogens is 462 g/mol. The summed E-state index contributed by atoms with van der Waals surface area (Å²) in [6.07, 6.45) is 0. The van der Waals surface area contributed by atoms with Crippen LogP contribution in [-0.4, -0.2) is 35.9 Å². The fourth-order valence-electron chi connectivity index (χ4n) is 3.32. The summed E-state index contributed by atoms with van der Waals surface area (Å²) < 4.78 is 27.3. The third-order valence-corrected chi connectivity index (χ3v) is 6.65. The first-order chi connectivity index (χ1) is 16.3. The van der Waals surface area contributed by atoms with E-state index in [2.05, 4.69) is 15.2 Å². The van der Waals surface area contributed by atoms with Crippen molar-refractivity contribution in [3.8, 4) is 5.88 Å². The molecule has 34 heavy (non-hydrogen) atoms. The predicted octanol–water partition coefficient (Wildman–Crippen LogP) is 4.29. The molecule has 0 radical (unpaired) electrons. The quantitative estimate of drug-likeness (QED) is 0.229. The Balaban J connectivity index is 1.73. The number of carbonyl (C=O) groups is 1. The molecule has 1 heterocycles. The van der Waals surface area contributed by atoms with Crippen molar-refractivity contribution >= 4 is 43.9 Å². The Bertz CT molecular complexity index is 1520. The van der Waals surface area contributed by atoms with Gasteiger partial charge < -0.3 is 10.1 Å². The van der Waals surface area contributed by atoms with Crippen LogP contribution in [0.25, 0.3) is 10.9 Å². The molecule has 0 aliphatic carbocycles. The third-order valence-electron chi connectivity index (χ3n) is 4.88. The Labute approximate surface area is 193 Å². The van der Waals surface area contributed by atoms with Crippen molar-refractivity contribution < 1.29 is 23.2 Å². The second-order valence-electron chi connectivity index (χ2n) is 7.03. The minimum absolute atomic E-state index is 0.00658. The number of benzene rings is 3. The van der Waals surface area contributed by atoms with Gasteiger partial charge in [0.05, 0.1) is 15.3 Å². The zero-order valence-corrected chi connectivity index (χ0v) is 18.2. The highest BCUT2D eigenvalue weighted by molar-refractivity contribution is 7.92. The van der Waals surface area contributed by atoms with Gasteiger partial charge in [0.25, 0.3) is 21.6 Å². The number of nitro benzene ring substituents is 1. The van der Waals surface area contributed by atoms with E-state index in [1.807, 2.05) is 0 Å². The first-order valence-electron chi connectivity index (χ1n) is 9.84. The molecule has 0 saturated heterocycles. The molecule has 0 spiro atoms. The summed E-state index contributed by atoms with van der Waals surface area (Å²) in [6.45, 7) is -0.852. The maximum Gasteiger partial charge on any atom is 0.293 e. The molecule has 0 aliphatic heterocycles. The van der Waals surface area contributed by atoms with E-state index in [9.17, 15) is 28.4 Å². The number of nitro groups is 1. The Hall–Kier alpha value is -4.58. The second kappa shape index (κ2) is 9.11. The van der Waals surface area contributed by atoms with Gasteiger partial charge in [-0.15, -0.1) is 10.2 Å². The van der Waals surface area contributed by atoms with E-state index in [0.29, 0.717) is 15.2 Å². The van der Waals surface area contributed by atoms with Gasteiger partial charge in [-0.05, 0) is 24.3 Å². The Morgan fingerprint density at radius 1 is 1.00 bits per heavy atom. The number of azo groups is 1. The number of H-pyrrole nitrogens is 1. The number of aromatic amines is 1. The average Bonchev–Trinajstić information content (AvgIpc) is 3.16. The molecule has 1 amide bonds. The molecule has 1 aromatic heterocycles. The van der Waals surface area contributed by atoms with Crippen LogP contribution in [0.2, 0.25) is 0 Å². The van der Waals surface area contributed by atoms with E-state index < -0.39 is 33.1 Å². The molecule has 2 N–H and O–H groups in total. The number of fused-ring (bicyclic) bond motifs is 1. The summed E-state index contributed by atoms with van der Waals surface area (Å²) in [5.74, 6) is -1.31. The summed E-state index contributed by atoms with van der Waals surface area (Å²) in [7, 11) is -4.37. The molecule has 4 aromatic rings. The van der Waals surface area contributed by atoms with E-state index in [-0.39, 0.29) is 22.2 Å². The first kappa shape index (κ1) is 22.6. The molecule has 11 nitrogen and oxygen atoms in total. The maximum absolute atomic E-state index is 13.3. The fraction of sp³-hybridized carbons (Fsp3) is 0.0455. The van der Waals surface area contributed by atoms with E-state index in [0.717, 1.165) is 6.07 Å². The monoisotopic (exact) mass is 479 g/mol. The maximum atomic E-state index is 13.3. The SMILES string of the molecule is O=C(CN(c1ccccc1[N+](=O)[O-])S(=O)(=O)c1ccccc1)N=Nc1c(O)[nH]c2ccccc12. The number of carbonyl (C=O) groups excluding carboxylic acids is 1. The number of aromatic nitrogens is 1. The number of aromatic hydroxyl groups is 1. The number of anilines is 1. The summed E-state index contributed by atoms with van der Waals surface area (Å²) in [6, 6.07) is 19.2. The largest absolute Gasteiger partial charge is 0.493 e. The number of rotatable bonds is 7. The average molecular weight is 479 g/mol.